The Morgan fingerprint density at radius 2 is 1.68 bits per heavy atom. The van der Waals surface area contributed by atoms with Crippen molar-refractivity contribution in [2.75, 3.05) is 23.3 Å². The van der Waals surface area contributed by atoms with E-state index in [1.165, 1.54) is 0 Å². The molecule has 2 atom stereocenters. The number of benzene rings is 3. The van der Waals surface area contributed by atoms with Gasteiger partial charge in [0.2, 0.25) is 0 Å². The number of carbonyl (C=O) groups is 2. The molecule has 0 aliphatic rings. The van der Waals surface area contributed by atoms with Crippen LogP contribution in [0.25, 0.3) is 22.1 Å². The summed E-state index contributed by atoms with van der Waals surface area (Å²) < 4.78 is 33.6. The van der Waals surface area contributed by atoms with Gasteiger partial charge in [-0.1, -0.05) is 56.0 Å². The summed E-state index contributed by atoms with van der Waals surface area (Å²) >= 11 is -2.52. The fourth-order valence-electron chi connectivity index (χ4n) is 4.57. The van der Waals surface area contributed by atoms with Crippen molar-refractivity contribution in [3.05, 3.63) is 83.6 Å². The summed E-state index contributed by atoms with van der Waals surface area (Å²) in [6.45, 7) is 5.48. The van der Waals surface area contributed by atoms with E-state index in [2.05, 4.69) is 17.2 Å². The van der Waals surface area contributed by atoms with Crippen LogP contribution in [0.1, 0.15) is 35.5 Å². The molecule has 0 aliphatic heterocycles. The van der Waals surface area contributed by atoms with Gasteiger partial charge in [-0.15, -0.1) is 0 Å². The van der Waals surface area contributed by atoms with Crippen LogP contribution in [-0.2, 0) is 20.8 Å². The number of aryl methyl sites for hydroxylation is 1. The van der Waals surface area contributed by atoms with Crippen LogP contribution in [0.4, 0.5) is 11.4 Å². The number of carbonyl (C=O) groups excluding carboxylic acids is 1. The molecule has 1 heterocycles. The molecule has 2 unspecified atom stereocenters. The Morgan fingerprint density at radius 1 is 1.05 bits per heavy atom. The summed E-state index contributed by atoms with van der Waals surface area (Å²) in [5.41, 5.74) is 4.55. The molecular formula is C31H30N2O7S. The number of hydrogen-bond acceptors (Lipinski definition) is 5. The highest BCUT2D eigenvalue weighted by Gasteiger charge is 2.32. The van der Waals surface area contributed by atoms with Crippen molar-refractivity contribution in [2.45, 2.75) is 26.8 Å². The van der Waals surface area contributed by atoms with Gasteiger partial charge in [-0.2, -0.15) is 0 Å². The van der Waals surface area contributed by atoms with Crippen LogP contribution < -0.4 is 9.62 Å². The van der Waals surface area contributed by atoms with Gasteiger partial charge in [-0.25, -0.2) is 9.00 Å². The van der Waals surface area contributed by atoms with E-state index in [4.69, 9.17) is 9.15 Å². The molecule has 0 radical (unpaired) electrons. The molecule has 4 aromatic rings. The van der Waals surface area contributed by atoms with E-state index >= 15 is 0 Å². The van der Waals surface area contributed by atoms with E-state index in [-0.39, 0.29) is 11.7 Å². The summed E-state index contributed by atoms with van der Waals surface area (Å²) in [7, 11) is 1.58. The molecule has 4 rings (SSSR count). The highest BCUT2D eigenvalue weighted by atomic mass is 32.2. The van der Waals surface area contributed by atoms with Gasteiger partial charge < -0.3 is 19.6 Å². The van der Waals surface area contributed by atoms with Crippen molar-refractivity contribution in [2.24, 2.45) is 5.92 Å². The first kappa shape index (κ1) is 29.6. The lowest BCUT2D eigenvalue weighted by atomic mass is 10.0. The van der Waals surface area contributed by atoms with E-state index in [9.17, 15) is 23.5 Å². The summed E-state index contributed by atoms with van der Waals surface area (Å²) in [6.07, 6.45) is 0. The summed E-state index contributed by atoms with van der Waals surface area (Å²) in [5.74, 6) is 4.22. The Kier molecular flexibility index (Phi) is 9.24. The van der Waals surface area contributed by atoms with Gasteiger partial charge in [0, 0.05) is 29.3 Å². The quantitative estimate of drug-likeness (QED) is 0.172. The predicted molar refractivity (Wildman–Crippen MR) is 159 cm³/mol. The number of fused-ring (bicyclic) bond motifs is 1. The van der Waals surface area contributed by atoms with Gasteiger partial charge in [0.25, 0.3) is 17.2 Å². The van der Waals surface area contributed by atoms with Crippen LogP contribution in [0.15, 0.2) is 71.1 Å². The number of rotatable bonds is 9. The molecule has 9 nitrogen and oxygen atoms in total. The van der Waals surface area contributed by atoms with E-state index in [0.717, 1.165) is 26.4 Å². The summed E-state index contributed by atoms with van der Waals surface area (Å²) in [4.78, 5) is 24.8. The first-order valence-electron chi connectivity index (χ1n) is 12.8. The van der Waals surface area contributed by atoms with E-state index in [1.54, 1.807) is 63.4 Å². The fourth-order valence-corrected chi connectivity index (χ4v) is 5.40. The third kappa shape index (κ3) is 6.49. The number of nitrogens with zero attached hydrogens (tertiary/aromatic N) is 1. The molecule has 0 saturated heterocycles. The third-order valence-corrected chi connectivity index (χ3v) is 7.28. The van der Waals surface area contributed by atoms with Gasteiger partial charge in [-0.05, 0) is 60.4 Å². The maximum Gasteiger partial charge on any atom is 0.327 e. The Labute approximate surface area is 240 Å². The second-order valence-electron chi connectivity index (χ2n) is 9.63. The van der Waals surface area contributed by atoms with Crippen molar-refractivity contribution < 1.29 is 32.6 Å². The lowest BCUT2D eigenvalue weighted by Gasteiger charge is -2.29. The van der Waals surface area contributed by atoms with Crippen LogP contribution in [0.5, 0.6) is 0 Å². The number of aliphatic carboxylic acids is 1. The van der Waals surface area contributed by atoms with Crippen LogP contribution in [0.2, 0.25) is 0 Å². The van der Waals surface area contributed by atoms with Crippen molar-refractivity contribution in [1.82, 2.24) is 0 Å². The van der Waals surface area contributed by atoms with Crippen LogP contribution in [0, 0.1) is 24.7 Å². The number of carboxylic acids is 1. The smallest absolute Gasteiger partial charge is 0.327 e. The molecule has 0 bridgehead atoms. The number of hydrogen-bond donors (Lipinski definition) is 3. The van der Waals surface area contributed by atoms with Gasteiger partial charge in [-0.3, -0.25) is 13.7 Å². The minimum Gasteiger partial charge on any atom is -0.480 e. The van der Waals surface area contributed by atoms with E-state index in [0.29, 0.717) is 29.1 Å². The maximum atomic E-state index is 13.1. The zero-order valence-electron chi connectivity index (χ0n) is 23.0. The van der Waals surface area contributed by atoms with Crippen molar-refractivity contribution in [3.8, 4) is 23.0 Å². The van der Waals surface area contributed by atoms with Crippen molar-refractivity contribution in [1.29, 1.82) is 0 Å². The Hall–Kier alpha value is -4.43. The lowest BCUT2D eigenvalue weighted by molar-refractivity contribution is -0.139. The molecule has 0 saturated carbocycles. The largest absolute Gasteiger partial charge is 0.480 e. The van der Waals surface area contributed by atoms with Crippen LogP contribution in [0.3, 0.4) is 0 Å². The minimum atomic E-state index is -2.52. The second kappa shape index (κ2) is 12.8. The van der Waals surface area contributed by atoms with Gasteiger partial charge in [0.15, 0.2) is 5.76 Å². The number of methoxy groups -OCH3 is 1. The van der Waals surface area contributed by atoms with Crippen LogP contribution >= 0.6 is 0 Å². The number of anilines is 2. The molecule has 10 heteroatoms. The number of nitrogens with one attached hydrogen (secondary N) is 1. The predicted octanol–water partition coefficient (Wildman–Crippen LogP) is 5.71. The molecule has 3 aromatic carbocycles. The topological polar surface area (TPSA) is 129 Å². The molecule has 212 valence electrons. The van der Waals surface area contributed by atoms with Gasteiger partial charge >= 0.3 is 5.97 Å². The van der Waals surface area contributed by atoms with E-state index in [1.807, 2.05) is 31.2 Å². The molecule has 0 fully saturated rings. The fraction of sp³-hybridized carbons (Fsp3) is 0.226. The first-order chi connectivity index (χ1) is 19.6. The molecule has 3 N–H and O–H groups in total. The molecule has 0 aliphatic carbocycles. The normalized spacial score (nSPS) is 12.4. The molecule has 1 amide bonds. The SMILES string of the molecule is COCC#Cc1cccc2oc(C(=O)Nc3ccc(-c4ccc(N(C(C(=O)O)C(C)C)S(=O)O)cc4)cc3)c(C)c12. The Morgan fingerprint density at radius 3 is 2.24 bits per heavy atom. The Bertz CT molecular complexity index is 1650. The molecular weight excluding hydrogens is 544 g/mol. The van der Waals surface area contributed by atoms with Crippen LogP contribution in [-0.4, -0.2) is 45.5 Å². The number of carboxylic acid groups (broad SMARTS) is 1. The zero-order chi connectivity index (χ0) is 29.7. The maximum absolute atomic E-state index is 13.1. The van der Waals surface area contributed by atoms with Gasteiger partial charge in [0.05, 0.1) is 5.69 Å². The second-order valence-corrected chi connectivity index (χ2v) is 10.5. The number of furan rings is 1. The Balaban J connectivity index is 1.52. The average molecular weight is 575 g/mol. The third-order valence-electron chi connectivity index (χ3n) is 6.50. The minimum absolute atomic E-state index is 0.201. The van der Waals surface area contributed by atoms with E-state index < -0.39 is 29.2 Å². The zero-order valence-corrected chi connectivity index (χ0v) is 23.8. The summed E-state index contributed by atoms with van der Waals surface area (Å²) in [6, 6.07) is 18.2. The lowest BCUT2D eigenvalue weighted by Crippen LogP contribution is -2.45. The standard InChI is InChI=1S/C31H30N2O7S/c1-19(2)28(31(35)36)33(41(37)38)25-16-12-22(13-17-25)21-10-14-24(15-11-21)32-30(34)29-20(3)27-23(8-6-18-39-4)7-5-9-26(27)40-29/h5,7,9-17,19,28H,18H2,1-4H3,(H,32,34)(H,35,36)(H,37,38). The number of ether oxygens (including phenoxy) is 1. The first-order valence-corrected chi connectivity index (χ1v) is 13.8. The highest BCUT2D eigenvalue weighted by molar-refractivity contribution is 7.80. The summed E-state index contributed by atoms with van der Waals surface area (Å²) in [5, 5.41) is 13.2. The molecule has 0 spiro atoms. The highest BCUT2D eigenvalue weighted by Crippen LogP contribution is 2.30. The van der Waals surface area contributed by atoms with Gasteiger partial charge in [0.1, 0.15) is 18.2 Å². The number of amides is 1. The average Bonchev–Trinajstić information content (AvgIpc) is 3.29. The van der Waals surface area contributed by atoms with Crippen molar-refractivity contribution in [3.63, 3.8) is 0 Å². The molecule has 1 aromatic heterocycles. The monoisotopic (exact) mass is 574 g/mol. The molecule has 41 heavy (non-hydrogen) atoms. The van der Waals surface area contributed by atoms with Crippen molar-refractivity contribution >= 4 is 45.5 Å².